The molecule has 4 rings (SSSR count). The van der Waals surface area contributed by atoms with Crippen LogP contribution in [0.4, 0.5) is 17.2 Å². The lowest BCUT2D eigenvalue weighted by Gasteiger charge is -2.24. The molecule has 1 aliphatic rings. The van der Waals surface area contributed by atoms with Crippen LogP contribution in [0.3, 0.4) is 0 Å². The van der Waals surface area contributed by atoms with Gasteiger partial charge in [-0.3, -0.25) is 19.1 Å². The lowest BCUT2D eigenvalue weighted by molar-refractivity contribution is -0.117. The van der Waals surface area contributed by atoms with Gasteiger partial charge in [-0.25, -0.2) is 4.79 Å². The van der Waals surface area contributed by atoms with Crippen molar-refractivity contribution in [3.05, 3.63) is 86.6 Å². The zero-order chi connectivity index (χ0) is 21.3. The molecule has 0 fully saturated rings. The summed E-state index contributed by atoms with van der Waals surface area (Å²) in [5.74, 6) is -0.320. The van der Waals surface area contributed by atoms with Gasteiger partial charge in [-0.15, -0.1) is 0 Å². The van der Waals surface area contributed by atoms with Crippen LogP contribution in [0.5, 0.6) is 0 Å². The van der Waals surface area contributed by atoms with Gasteiger partial charge in [-0.05, 0) is 23.6 Å². The third-order valence-electron chi connectivity index (χ3n) is 5.42. The van der Waals surface area contributed by atoms with E-state index in [0.717, 1.165) is 24.2 Å². The number of amides is 1. The number of fused-ring (bicyclic) bond motifs is 1. The molecule has 3 N–H and O–H groups in total. The first-order chi connectivity index (χ1) is 14.5. The lowest BCUT2D eigenvalue weighted by Crippen LogP contribution is -2.43. The molecule has 8 nitrogen and oxygen atoms in total. The van der Waals surface area contributed by atoms with Crippen LogP contribution >= 0.6 is 0 Å². The van der Waals surface area contributed by atoms with E-state index in [1.807, 2.05) is 59.5 Å². The lowest BCUT2D eigenvalue weighted by atomic mass is 10.2. The molecule has 0 saturated carbocycles. The molecule has 30 heavy (non-hydrogen) atoms. The second-order valence-electron chi connectivity index (χ2n) is 7.32. The van der Waals surface area contributed by atoms with Crippen molar-refractivity contribution >= 4 is 23.1 Å². The summed E-state index contributed by atoms with van der Waals surface area (Å²) in [5, 5.41) is 0. The SMILES string of the molecule is CN(C(=O)CN1CCc2ccccc21)c1c(N)n(Cc2ccccc2)c(=O)[nH]c1=O. The van der Waals surface area contributed by atoms with Gasteiger partial charge in [0.25, 0.3) is 5.56 Å². The molecule has 154 valence electrons. The first kappa shape index (κ1) is 19.5. The fourth-order valence-corrected chi connectivity index (χ4v) is 3.79. The Labute approximate surface area is 173 Å². The zero-order valence-electron chi connectivity index (χ0n) is 16.7. The normalized spacial score (nSPS) is 12.6. The Kier molecular flexibility index (Phi) is 5.14. The maximum Gasteiger partial charge on any atom is 0.330 e. The van der Waals surface area contributed by atoms with E-state index in [2.05, 4.69) is 4.98 Å². The molecule has 2 aromatic carbocycles. The maximum atomic E-state index is 13.0. The van der Waals surface area contributed by atoms with Crippen molar-refractivity contribution in [1.29, 1.82) is 0 Å². The van der Waals surface area contributed by atoms with Crippen molar-refractivity contribution in [2.45, 2.75) is 13.0 Å². The van der Waals surface area contributed by atoms with Gasteiger partial charge in [0.05, 0.1) is 13.1 Å². The number of nitrogens with two attached hydrogens (primary N) is 1. The van der Waals surface area contributed by atoms with Crippen LogP contribution in [0, 0.1) is 0 Å². The highest BCUT2D eigenvalue weighted by atomic mass is 16.2. The summed E-state index contributed by atoms with van der Waals surface area (Å²) in [4.78, 5) is 43.3. The maximum absolute atomic E-state index is 13.0. The third kappa shape index (κ3) is 3.59. The van der Waals surface area contributed by atoms with Crippen molar-refractivity contribution in [3.63, 3.8) is 0 Å². The van der Waals surface area contributed by atoms with Crippen LogP contribution in [0.15, 0.2) is 64.2 Å². The Hall–Kier alpha value is -3.81. The molecule has 3 aromatic rings. The van der Waals surface area contributed by atoms with Crippen LogP contribution in [0.1, 0.15) is 11.1 Å². The number of nitrogens with one attached hydrogen (secondary N) is 1. The Balaban J connectivity index is 1.61. The monoisotopic (exact) mass is 405 g/mol. The quantitative estimate of drug-likeness (QED) is 0.664. The van der Waals surface area contributed by atoms with Crippen LogP contribution < -0.4 is 26.8 Å². The van der Waals surface area contributed by atoms with Gasteiger partial charge in [0, 0.05) is 19.3 Å². The van der Waals surface area contributed by atoms with E-state index in [0.29, 0.717) is 0 Å². The number of aromatic nitrogens is 2. The van der Waals surface area contributed by atoms with E-state index in [4.69, 9.17) is 5.73 Å². The minimum absolute atomic E-state index is 0.0250. The molecule has 0 spiro atoms. The minimum Gasteiger partial charge on any atom is -0.383 e. The summed E-state index contributed by atoms with van der Waals surface area (Å²) in [6, 6.07) is 17.2. The number of para-hydroxylation sites is 1. The Bertz CT molecular complexity index is 1200. The highest BCUT2D eigenvalue weighted by Crippen LogP contribution is 2.27. The summed E-state index contributed by atoms with van der Waals surface area (Å²) in [6.07, 6.45) is 0.873. The third-order valence-corrected chi connectivity index (χ3v) is 5.42. The molecule has 0 saturated heterocycles. The van der Waals surface area contributed by atoms with Crippen molar-refractivity contribution in [2.75, 3.05) is 35.7 Å². The molecular weight excluding hydrogens is 382 g/mol. The average Bonchev–Trinajstić information content (AvgIpc) is 3.14. The smallest absolute Gasteiger partial charge is 0.330 e. The second-order valence-corrected chi connectivity index (χ2v) is 7.32. The number of nitrogen functional groups attached to an aromatic ring is 1. The van der Waals surface area contributed by atoms with Crippen LogP contribution in [-0.4, -0.2) is 35.6 Å². The van der Waals surface area contributed by atoms with Gasteiger partial charge in [-0.1, -0.05) is 48.5 Å². The predicted molar refractivity (Wildman–Crippen MR) is 117 cm³/mol. The van der Waals surface area contributed by atoms with E-state index in [1.165, 1.54) is 22.1 Å². The number of aromatic amines is 1. The number of anilines is 3. The molecule has 1 aromatic heterocycles. The number of nitrogens with zero attached hydrogens (tertiary/aromatic N) is 3. The number of hydrogen-bond acceptors (Lipinski definition) is 5. The second kappa shape index (κ2) is 7.90. The van der Waals surface area contributed by atoms with Gasteiger partial charge in [0.2, 0.25) is 5.91 Å². The Morgan fingerprint density at radius 1 is 1.10 bits per heavy atom. The van der Waals surface area contributed by atoms with E-state index >= 15 is 0 Å². The Morgan fingerprint density at radius 3 is 2.57 bits per heavy atom. The Morgan fingerprint density at radius 2 is 1.80 bits per heavy atom. The number of carbonyl (C=O) groups is 1. The summed E-state index contributed by atoms with van der Waals surface area (Å²) >= 11 is 0. The first-order valence-corrected chi connectivity index (χ1v) is 9.71. The highest BCUT2D eigenvalue weighted by Gasteiger charge is 2.25. The van der Waals surface area contributed by atoms with Crippen LogP contribution in [0.25, 0.3) is 0 Å². The largest absolute Gasteiger partial charge is 0.383 e. The molecule has 0 aliphatic carbocycles. The van der Waals surface area contributed by atoms with Gasteiger partial charge < -0.3 is 15.5 Å². The minimum atomic E-state index is -0.681. The van der Waals surface area contributed by atoms with Crippen LogP contribution in [0.2, 0.25) is 0 Å². The van der Waals surface area contributed by atoms with Crippen LogP contribution in [-0.2, 0) is 17.8 Å². The number of hydrogen-bond donors (Lipinski definition) is 2. The highest BCUT2D eigenvalue weighted by molar-refractivity contribution is 5.98. The predicted octanol–water partition coefficient (Wildman–Crippen LogP) is 1.19. The van der Waals surface area contributed by atoms with Gasteiger partial charge in [0.15, 0.2) is 5.69 Å². The van der Waals surface area contributed by atoms with Crippen molar-refractivity contribution < 1.29 is 4.79 Å². The number of likely N-dealkylation sites (N-methyl/N-ethyl adjacent to an activating group) is 1. The number of carbonyl (C=O) groups excluding carboxylic acids is 1. The van der Waals surface area contributed by atoms with Gasteiger partial charge in [-0.2, -0.15) is 0 Å². The van der Waals surface area contributed by atoms with Crippen molar-refractivity contribution in [3.8, 4) is 0 Å². The molecule has 0 atom stereocenters. The summed E-state index contributed by atoms with van der Waals surface area (Å²) < 4.78 is 1.26. The van der Waals surface area contributed by atoms with E-state index in [9.17, 15) is 14.4 Å². The standard InChI is InChI=1S/C22H23N5O3/c1-25(18(28)14-26-12-11-16-9-5-6-10-17(16)26)19-20(23)27(22(30)24-21(19)29)13-15-7-3-2-4-8-15/h2-10H,11-14,23H2,1H3,(H,24,29,30). The molecule has 0 bridgehead atoms. The fraction of sp³-hybridized carbons (Fsp3) is 0.227. The van der Waals surface area contributed by atoms with E-state index in [-0.39, 0.29) is 30.5 Å². The molecule has 8 heteroatoms. The summed E-state index contributed by atoms with van der Waals surface area (Å²) in [7, 11) is 1.50. The first-order valence-electron chi connectivity index (χ1n) is 9.71. The number of benzene rings is 2. The molecule has 0 unspecified atom stereocenters. The van der Waals surface area contributed by atoms with Crippen molar-refractivity contribution in [2.24, 2.45) is 0 Å². The van der Waals surface area contributed by atoms with Crippen molar-refractivity contribution in [1.82, 2.24) is 9.55 Å². The number of rotatable bonds is 5. The fourth-order valence-electron chi connectivity index (χ4n) is 3.79. The van der Waals surface area contributed by atoms with E-state index < -0.39 is 11.2 Å². The molecule has 2 heterocycles. The molecular formula is C22H23N5O3. The van der Waals surface area contributed by atoms with Gasteiger partial charge in [0.1, 0.15) is 5.82 Å². The summed E-state index contributed by atoms with van der Waals surface area (Å²) in [5.41, 5.74) is 7.95. The molecule has 1 amide bonds. The summed E-state index contributed by atoms with van der Waals surface area (Å²) in [6.45, 7) is 1.04. The topological polar surface area (TPSA) is 104 Å². The zero-order valence-corrected chi connectivity index (χ0v) is 16.7. The number of H-pyrrole nitrogens is 1. The average molecular weight is 405 g/mol. The van der Waals surface area contributed by atoms with Gasteiger partial charge >= 0.3 is 5.69 Å². The van der Waals surface area contributed by atoms with E-state index in [1.54, 1.807) is 0 Å². The molecule has 1 aliphatic heterocycles. The molecule has 0 radical (unpaired) electrons.